The minimum Gasteiger partial charge on any atom is -0.493 e. The van der Waals surface area contributed by atoms with Crippen molar-refractivity contribution in [1.29, 1.82) is 0 Å². The van der Waals surface area contributed by atoms with Crippen molar-refractivity contribution in [2.75, 3.05) is 32.4 Å². The molecule has 0 atom stereocenters. The van der Waals surface area contributed by atoms with Crippen LogP contribution < -0.4 is 19.5 Å². The van der Waals surface area contributed by atoms with E-state index < -0.39 is 0 Å². The monoisotopic (exact) mass is 415 g/mol. The van der Waals surface area contributed by atoms with Crippen LogP contribution in [0.3, 0.4) is 0 Å². The Kier molecular flexibility index (Phi) is 6.61. The molecule has 0 saturated carbocycles. The lowest BCUT2D eigenvalue weighted by Crippen LogP contribution is -2.14. The van der Waals surface area contributed by atoms with Gasteiger partial charge in [-0.05, 0) is 18.6 Å². The van der Waals surface area contributed by atoms with Crippen LogP contribution in [0.5, 0.6) is 17.2 Å². The Balaban J connectivity index is 1.64. The first-order valence-electron chi connectivity index (χ1n) is 8.68. The van der Waals surface area contributed by atoms with Crippen LogP contribution in [0.4, 0.5) is 5.69 Å². The lowest BCUT2D eigenvalue weighted by molar-refractivity contribution is -0.113. The van der Waals surface area contributed by atoms with Gasteiger partial charge in [-0.2, -0.15) is 0 Å². The lowest BCUT2D eigenvalue weighted by Gasteiger charge is -2.14. The van der Waals surface area contributed by atoms with Crippen molar-refractivity contribution in [2.45, 2.75) is 12.1 Å². The van der Waals surface area contributed by atoms with Crippen molar-refractivity contribution in [1.82, 2.24) is 10.2 Å². The van der Waals surface area contributed by atoms with Gasteiger partial charge in [0, 0.05) is 23.4 Å². The maximum absolute atomic E-state index is 12.3. The van der Waals surface area contributed by atoms with Crippen molar-refractivity contribution in [3.8, 4) is 28.7 Å². The predicted molar refractivity (Wildman–Crippen MR) is 110 cm³/mol. The highest BCUT2D eigenvalue weighted by Crippen LogP contribution is 2.40. The van der Waals surface area contributed by atoms with Crippen molar-refractivity contribution in [3.05, 3.63) is 42.0 Å². The third-order valence-corrected chi connectivity index (χ3v) is 4.88. The normalized spacial score (nSPS) is 10.5. The standard InChI is InChI=1S/C20H21N3O5S/c1-12-7-5-6-8-14(12)19-22-23-20(28-19)29-11-17(24)21-13-9-15(25-2)18(27-4)16(10-13)26-3/h5-10H,11H2,1-4H3,(H,21,24). The Morgan fingerprint density at radius 3 is 2.38 bits per heavy atom. The molecule has 0 spiro atoms. The number of hydrogen-bond donors (Lipinski definition) is 1. The van der Waals surface area contributed by atoms with E-state index in [0.717, 1.165) is 22.9 Å². The molecule has 9 heteroatoms. The SMILES string of the molecule is COc1cc(NC(=O)CSc2nnc(-c3ccccc3C)o2)cc(OC)c1OC. The van der Waals surface area contributed by atoms with E-state index in [1.165, 1.54) is 21.3 Å². The Morgan fingerprint density at radius 1 is 1.07 bits per heavy atom. The third-order valence-electron chi connectivity index (χ3n) is 4.06. The first kappa shape index (κ1) is 20.5. The summed E-state index contributed by atoms with van der Waals surface area (Å²) in [5, 5.41) is 11.2. The highest BCUT2D eigenvalue weighted by molar-refractivity contribution is 7.99. The molecule has 0 bridgehead atoms. The predicted octanol–water partition coefficient (Wildman–Crippen LogP) is 3.80. The second-order valence-corrected chi connectivity index (χ2v) is 6.87. The number of ether oxygens (including phenoxy) is 3. The summed E-state index contributed by atoms with van der Waals surface area (Å²) >= 11 is 1.16. The Hall–Kier alpha value is -3.20. The molecule has 0 aliphatic rings. The van der Waals surface area contributed by atoms with E-state index >= 15 is 0 Å². The molecule has 1 heterocycles. The summed E-state index contributed by atoms with van der Waals surface area (Å²) in [6, 6.07) is 11.0. The number of nitrogens with one attached hydrogen (secondary N) is 1. The molecule has 3 aromatic rings. The Labute approximate surface area is 172 Å². The van der Waals surface area contributed by atoms with Gasteiger partial charge in [0.25, 0.3) is 5.22 Å². The number of amides is 1. The fourth-order valence-electron chi connectivity index (χ4n) is 2.67. The van der Waals surface area contributed by atoms with Gasteiger partial charge < -0.3 is 23.9 Å². The number of methoxy groups -OCH3 is 3. The van der Waals surface area contributed by atoms with Gasteiger partial charge >= 0.3 is 0 Å². The first-order chi connectivity index (χ1) is 14.0. The first-order valence-corrected chi connectivity index (χ1v) is 9.66. The van der Waals surface area contributed by atoms with E-state index in [4.69, 9.17) is 18.6 Å². The zero-order chi connectivity index (χ0) is 20.8. The van der Waals surface area contributed by atoms with E-state index in [1.54, 1.807) is 12.1 Å². The number of aromatic nitrogens is 2. The number of nitrogens with zero attached hydrogens (tertiary/aromatic N) is 2. The third kappa shape index (κ3) is 4.80. The molecule has 29 heavy (non-hydrogen) atoms. The van der Waals surface area contributed by atoms with Gasteiger partial charge in [0.2, 0.25) is 17.5 Å². The molecular formula is C20H21N3O5S. The molecule has 0 aliphatic heterocycles. The number of hydrogen-bond acceptors (Lipinski definition) is 8. The molecule has 0 saturated heterocycles. The smallest absolute Gasteiger partial charge is 0.277 e. The quantitative estimate of drug-likeness (QED) is 0.555. The van der Waals surface area contributed by atoms with Gasteiger partial charge in [-0.25, -0.2) is 0 Å². The van der Waals surface area contributed by atoms with Crippen LogP contribution in [-0.2, 0) is 4.79 Å². The number of aryl methyl sites for hydroxylation is 1. The molecule has 0 fully saturated rings. The van der Waals surface area contributed by atoms with Crippen molar-refractivity contribution >= 4 is 23.4 Å². The summed E-state index contributed by atoms with van der Waals surface area (Å²) in [7, 11) is 4.55. The Morgan fingerprint density at radius 2 is 1.76 bits per heavy atom. The van der Waals surface area contributed by atoms with Crippen LogP contribution in [0.25, 0.3) is 11.5 Å². The summed E-state index contributed by atoms with van der Waals surface area (Å²) in [6.07, 6.45) is 0. The molecule has 3 rings (SSSR count). The zero-order valence-electron chi connectivity index (χ0n) is 16.5. The highest BCUT2D eigenvalue weighted by Gasteiger charge is 2.16. The van der Waals surface area contributed by atoms with Crippen molar-refractivity contribution < 1.29 is 23.4 Å². The average Bonchev–Trinajstić information content (AvgIpc) is 3.20. The maximum atomic E-state index is 12.3. The summed E-state index contributed by atoms with van der Waals surface area (Å²) in [5.41, 5.74) is 2.43. The molecular weight excluding hydrogens is 394 g/mol. The molecule has 152 valence electrons. The number of carbonyl (C=O) groups excluding carboxylic acids is 1. The molecule has 8 nitrogen and oxygen atoms in total. The number of carbonyl (C=O) groups is 1. The van der Waals surface area contributed by atoms with Crippen LogP contribution in [0.1, 0.15) is 5.56 Å². The molecule has 1 aromatic heterocycles. The van der Waals surface area contributed by atoms with Gasteiger partial charge in [0.1, 0.15) is 0 Å². The molecule has 1 amide bonds. The van der Waals surface area contributed by atoms with Gasteiger partial charge in [-0.3, -0.25) is 4.79 Å². The van der Waals surface area contributed by atoms with Gasteiger partial charge in [0.05, 0.1) is 27.1 Å². The van der Waals surface area contributed by atoms with Crippen molar-refractivity contribution in [2.24, 2.45) is 0 Å². The summed E-state index contributed by atoms with van der Waals surface area (Å²) in [6.45, 7) is 1.97. The minimum absolute atomic E-state index is 0.103. The molecule has 0 unspecified atom stereocenters. The van der Waals surface area contributed by atoms with Crippen LogP contribution in [0, 0.1) is 6.92 Å². The molecule has 1 N–H and O–H groups in total. The fourth-order valence-corrected chi connectivity index (χ4v) is 3.23. The fraction of sp³-hybridized carbons (Fsp3) is 0.250. The summed E-state index contributed by atoms with van der Waals surface area (Å²) < 4.78 is 21.5. The van der Waals surface area contributed by atoms with E-state index in [1.807, 2.05) is 31.2 Å². The van der Waals surface area contributed by atoms with Crippen molar-refractivity contribution in [3.63, 3.8) is 0 Å². The number of thioether (sulfide) groups is 1. The topological polar surface area (TPSA) is 95.7 Å². The van der Waals surface area contributed by atoms with E-state index in [2.05, 4.69) is 15.5 Å². The van der Waals surface area contributed by atoms with E-state index in [-0.39, 0.29) is 11.7 Å². The zero-order valence-corrected chi connectivity index (χ0v) is 17.3. The van der Waals surface area contributed by atoms with Crippen LogP contribution in [0.15, 0.2) is 46.0 Å². The van der Waals surface area contributed by atoms with Gasteiger partial charge in [0.15, 0.2) is 11.5 Å². The molecule has 0 radical (unpaired) electrons. The van der Waals surface area contributed by atoms with Crippen LogP contribution in [-0.4, -0.2) is 43.2 Å². The minimum atomic E-state index is -0.236. The van der Waals surface area contributed by atoms with Crippen LogP contribution >= 0.6 is 11.8 Å². The average molecular weight is 415 g/mol. The molecule has 0 aliphatic carbocycles. The van der Waals surface area contributed by atoms with Gasteiger partial charge in [-0.15, -0.1) is 10.2 Å². The van der Waals surface area contributed by atoms with E-state index in [9.17, 15) is 4.79 Å². The van der Waals surface area contributed by atoms with Gasteiger partial charge in [-0.1, -0.05) is 30.0 Å². The second kappa shape index (κ2) is 9.33. The van der Waals surface area contributed by atoms with E-state index in [0.29, 0.717) is 34.0 Å². The lowest BCUT2D eigenvalue weighted by atomic mass is 10.1. The Bertz CT molecular complexity index is 980. The maximum Gasteiger partial charge on any atom is 0.277 e. The number of rotatable bonds is 8. The molecule has 2 aromatic carbocycles. The summed E-state index contributed by atoms with van der Waals surface area (Å²) in [5.74, 6) is 1.66. The number of anilines is 1. The summed E-state index contributed by atoms with van der Waals surface area (Å²) in [4.78, 5) is 12.3. The van der Waals surface area contributed by atoms with Crippen LogP contribution in [0.2, 0.25) is 0 Å². The number of benzene rings is 2. The second-order valence-electron chi connectivity index (χ2n) is 5.94. The largest absolute Gasteiger partial charge is 0.493 e. The highest BCUT2D eigenvalue weighted by atomic mass is 32.2.